The van der Waals surface area contributed by atoms with Gasteiger partial charge in [-0.1, -0.05) is 65.7 Å². The van der Waals surface area contributed by atoms with Gasteiger partial charge in [-0.25, -0.2) is 0 Å². The van der Waals surface area contributed by atoms with Crippen LogP contribution in [0.25, 0.3) is 0 Å². The highest BCUT2D eigenvalue weighted by atomic mass is 14.4. The van der Waals surface area contributed by atoms with Gasteiger partial charge >= 0.3 is 0 Å². The second kappa shape index (κ2) is 9.70. The van der Waals surface area contributed by atoms with Gasteiger partial charge in [-0.15, -0.1) is 0 Å². The fraction of sp³-hybridized carbons (Fsp3) is 0.933. The van der Waals surface area contributed by atoms with Crippen LogP contribution in [0.1, 0.15) is 85.0 Å². The Balaban J connectivity index is 3.73. The van der Waals surface area contributed by atoms with E-state index in [0.29, 0.717) is 0 Å². The molecule has 0 aliphatic heterocycles. The lowest BCUT2D eigenvalue weighted by Gasteiger charge is -2.24. The Kier molecular flexibility index (Phi) is 9.39. The summed E-state index contributed by atoms with van der Waals surface area (Å²) < 4.78 is 0. The molecule has 0 aromatic rings. The molecule has 0 saturated carbocycles. The highest BCUT2D eigenvalue weighted by Gasteiger charge is 2.25. The molecule has 0 rings (SSSR count). The van der Waals surface area contributed by atoms with Crippen LogP contribution in [0.15, 0.2) is 0 Å². The molecule has 0 N–H and O–H groups in total. The van der Waals surface area contributed by atoms with E-state index in [1.165, 1.54) is 38.5 Å². The van der Waals surface area contributed by atoms with Gasteiger partial charge in [-0.3, -0.25) is 0 Å². The van der Waals surface area contributed by atoms with Crippen LogP contribution in [-0.2, 0) is 0 Å². The summed E-state index contributed by atoms with van der Waals surface area (Å²) in [6.45, 7) is 6.60. The zero-order valence-electron chi connectivity index (χ0n) is 11.5. The van der Waals surface area contributed by atoms with Crippen LogP contribution >= 0.6 is 0 Å². The minimum atomic E-state index is -0.0144. The van der Waals surface area contributed by atoms with Crippen LogP contribution in [0.3, 0.4) is 0 Å². The van der Waals surface area contributed by atoms with Crippen LogP contribution < -0.4 is 0 Å². The number of hydrogen-bond acceptors (Lipinski definition) is 1. The van der Waals surface area contributed by atoms with Crippen LogP contribution in [0.4, 0.5) is 0 Å². The molecule has 0 saturated heterocycles. The third-order valence-electron chi connectivity index (χ3n) is 3.65. The Morgan fingerprint density at radius 1 is 0.812 bits per heavy atom. The van der Waals surface area contributed by atoms with Crippen molar-refractivity contribution in [3.63, 3.8) is 0 Å². The summed E-state index contributed by atoms with van der Waals surface area (Å²) in [5, 5.41) is 9.30. The molecule has 1 unspecified atom stereocenters. The zero-order valence-corrected chi connectivity index (χ0v) is 11.5. The van der Waals surface area contributed by atoms with Crippen molar-refractivity contribution in [2.24, 2.45) is 5.41 Å². The number of nitriles is 1. The molecule has 0 heterocycles. The summed E-state index contributed by atoms with van der Waals surface area (Å²) in [5.41, 5.74) is -0.0144. The van der Waals surface area contributed by atoms with E-state index in [4.69, 9.17) is 0 Å². The average Bonchev–Trinajstić information content (AvgIpc) is 2.32. The first-order chi connectivity index (χ1) is 7.74. The van der Waals surface area contributed by atoms with Crippen molar-refractivity contribution in [1.82, 2.24) is 0 Å². The topological polar surface area (TPSA) is 23.8 Å². The first-order valence-corrected chi connectivity index (χ1v) is 7.16. The number of rotatable bonds is 10. The molecule has 0 fully saturated rings. The van der Waals surface area contributed by atoms with Crippen LogP contribution in [0.5, 0.6) is 0 Å². The van der Waals surface area contributed by atoms with Gasteiger partial charge in [-0.05, 0) is 19.3 Å². The summed E-state index contributed by atoms with van der Waals surface area (Å²) >= 11 is 0. The molecule has 1 heteroatoms. The molecule has 16 heavy (non-hydrogen) atoms. The van der Waals surface area contributed by atoms with Crippen molar-refractivity contribution in [2.75, 3.05) is 0 Å². The molecule has 94 valence electrons. The molecule has 0 aliphatic rings. The number of hydrogen-bond donors (Lipinski definition) is 0. The maximum absolute atomic E-state index is 9.30. The molecular weight excluding hydrogens is 194 g/mol. The van der Waals surface area contributed by atoms with Crippen LogP contribution in [-0.4, -0.2) is 0 Å². The summed E-state index contributed by atoms with van der Waals surface area (Å²) in [6.07, 6.45) is 12.3. The Hall–Kier alpha value is -0.510. The third kappa shape index (κ3) is 6.16. The average molecular weight is 223 g/mol. The Morgan fingerprint density at radius 2 is 1.44 bits per heavy atom. The van der Waals surface area contributed by atoms with Crippen molar-refractivity contribution in [1.29, 1.82) is 5.26 Å². The molecule has 1 nitrogen and oxygen atoms in total. The number of nitrogens with zero attached hydrogens (tertiary/aromatic N) is 1. The zero-order chi connectivity index (χ0) is 12.3. The summed E-state index contributed by atoms with van der Waals surface area (Å²) in [7, 11) is 0. The summed E-state index contributed by atoms with van der Waals surface area (Å²) in [5.74, 6) is 0. The van der Waals surface area contributed by atoms with Gasteiger partial charge in [0.25, 0.3) is 0 Å². The minimum Gasteiger partial charge on any atom is -0.198 e. The van der Waals surface area contributed by atoms with Gasteiger partial charge in [0.1, 0.15) is 0 Å². The monoisotopic (exact) mass is 223 g/mol. The molecular formula is C15H29N. The maximum atomic E-state index is 9.30. The van der Waals surface area contributed by atoms with E-state index in [2.05, 4.69) is 26.8 Å². The molecule has 0 aromatic carbocycles. The van der Waals surface area contributed by atoms with Crippen LogP contribution in [0, 0.1) is 16.7 Å². The van der Waals surface area contributed by atoms with Gasteiger partial charge in [-0.2, -0.15) is 5.26 Å². The van der Waals surface area contributed by atoms with Gasteiger partial charge in [0.15, 0.2) is 0 Å². The normalized spacial score (nSPS) is 14.4. The van der Waals surface area contributed by atoms with E-state index in [9.17, 15) is 5.26 Å². The van der Waals surface area contributed by atoms with E-state index in [1.54, 1.807) is 0 Å². The first-order valence-electron chi connectivity index (χ1n) is 7.16. The van der Waals surface area contributed by atoms with Crippen molar-refractivity contribution in [2.45, 2.75) is 85.0 Å². The van der Waals surface area contributed by atoms with Gasteiger partial charge in [0.2, 0.25) is 0 Å². The Labute approximate surface area is 102 Å². The van der Waals surface area contributed by atoms with E-state index in [-0.39, 0.29) is 5.41 Å². The van der Waals surface area contributed by atoms with E-state index in [1.807, 2.05) is 0 Å². The van der Waals surface area contributed by atoms with E-state index in [0.717, 1.165) is 25.7 Å². The predicted octanol–water partition coefficient (Wildman–Crippen LogP) is 5.46. The lowest BCUT2D eigenvalue weighted by Crippen LogP contribution is -2.17. The first kappa shape index (κ1) is 15.5. The fourth-order valence-electron chi connectivity index (χ4n) is 2.39. The van der Waals surface area contributed by atoms with Gasteiger partial charge in [0.05, 0.1) is 11.5 Å². The standard InChI is InChI=1S/C15H29N/c1-4-7-8-9-10-11-13-15(6-3,14-16)12-5-2/h4-13H2,1-3H3. The van der Waals surface area contributed by atoms with Crippen LogP contribution in [0.2, 0.25) is 0 Å². The molecule has 0 aliphatic carbocycles. The second-order valence-corrected chi connectivity index (χ2v) is 5.01. The second-order valence-electron chi connectivity index (χ2n) is 5.01. The molecule has 0 radical (unpaired) electrons. The highest BCUT2D eigenvalue weighted by molar-refractivity contribution is 4.97. The molecule has 0 amide bonds. The predicted molar refractivity (Wildman–Crippen MR) is 71.2 cm³/mol. The largest absolute Gasteiger partial charge is 0.198 e. The summed E-state index contributed by atoms with van der Waals surface area (Å²) in [4.78, 5) is 0. The molecule has 0 aromatic heterocycles. The highest BCUT2D eigenvalue weighted by Crippen LogP contribution is 2.33. The number of unbranched alkanes of at least 4 members (excludes halogenated alkanes) is 5. The third-order valence-corrected chi connectivity index (χ3v) is 3.65. The summed E-state index contributed by atoms with van der Waals surface area (Å²) in [6, 6.07) is 2.57. The fourth-order valence-corrected chi connectivity index (χ4v) is 2.39. The SMILES string of the molecule is CCCCCCCCC(C#N)(CC)CCC. The lowest BCUT2D eigenvalue weighted by atomic mass is 9.78. The van der Waals surface area contributed by atoms with E-state index >= 15 is 0 Å². The van der Waals surface area contributed by atoms with Gasteiger partial charge in [0, 0.05) is 0 Å². The molecule has 0 bridgehead atoms. The Bertz CT molecular complexity index is 192. The minimum absolute atomic E-state index is 0.0144. The lowest BCUT2D eigenvalue weighted by molar-refractivity contribution is 0.305. The maximum Gasteiger partial charge on any atom is 0.0689 e. The van der Waals surface area contributed by atoms with Crippen molar-refractivity contribution < 1.29 is 0 Å². The molecule has 1 atom stereocenters. The van der Waals surface area contributed by atoms with Crippen molar-refractivity contribution >= 4 is 0 Å². The quantitative estimate of drug-likeness (QED) is 0.451. The van der Waals surface area contributed by atoms with E-state index < -0.39 is 0 Å². The van der Waals surface area contributed by atoms with Crippen molar-refractivity contribution in [3.8, 4) is 6.07 Å². The smallest absolute Gasteiger partial charge is 0.0689 e. The molecule has 0 spiro atoms. The van der Waals surface area contributed by atoms with Gasteiger partial charge < -0.3 is 0 Å². The van der Waals surface area contributed by atoms with Crippen molar-refractivity contribution in [3.05, 3.63) is 0 Å². The Morgan fingerprint density at radius 3 is 1.94 bits per heavy atom.